The first-order chi connectivity index (χ1) is 15.4. The molecule has 0 fully saturated rings. The summed E-state index contributed by atoms with van der Waals surface area (Å²) in [7, 11) is -3.88. The van der Waals surface area contributed by atoms with Crippen molar-refractivity contribution in [1.29, 1.82) is 0 Å². The minimum Gasteiger partial charge on any atom is -0.492 e. The zero-order chi connectivity index (χ0) is 24.6. The second-order valence-corrected chi connectivity index (χ2v) is 9.61. The number of aryl methyl sites for hydroxylation is 1. The summed E-state index contributed by atoms with van der Waals surface area (Å²) >= 11 is 5.61. The molecule has 0 aliphatic rings. The highest BCUT2D eigenvalue weighted by molar-refractivity contribution is 7.92. The van der Waals surface area contributed by atoms with Crippen LogP contribution >= 0.6 is 11.6 Å². The second-order valence-electron chi connectivity index (χ2n) is 7.30. The number of carbonyl (C=O) groups excluding carboxylic acids is 1. The standard InChI is InChI=1S/C22H26ClF3N2O4S/c1-3-16-6-9-18(10-7-16)32-14-12-27-21(29)5-4-13-28(33(2,30)31)17-8-11-20(23)19(15-17)22(24,25)26/h6-11,15H,3-5,12-14H2,1-2H3,(H,27,29). The van der Waals surface area contributed by atoms with Crippen molar-refractivity contribution >= 4 is 33.2 Å². The van der Waals surface area contributed by atoms with E-state index in [1.165, 1.54) is 11.6 Å². The highest BCUT2D eigenvalue weighted by Gasteiger charge is 2.34. The van der Waals surface area contributed by atoms with Crippen LogP contribution in [0.5, 0.6) is 5.75 Å². The Bertz CT molecular complexity index is 1040. The van der Waals surface area contributed by atoms with Gasteiger partial charge in [0.1, 0.15) is 12.4 Å². The molecule has 182 valence electrons. The summed E-state index contributed by atoms with van der Waals surface area (Å²) in [5, 5.41) is 2.14. The van der Waals surface area contributed by atoms with Crippen LogP contribution in [0.2, 0.25) is 5.02 Å². The van der Waals surface area contributed by atoms with Crippen molar-refractivity contribution in [1.82, 2.24) is 5.32 Å². The minimum absolute atomic E-state index is 0.00304. The highest BCUT2D eigenvalue weighted by atomic mass is 35.5. The van der Waals surface area contributed by atoms with Crippen LogP contribution in [0.1, 0.15) is 30.9 Å². The fourth-order valence-electron chi connectivity index (χ4n) is 3.02. The van der Waals surface area contributed by atoms with Crippen LogP contribution in [0.3, 0.4) is 0 Å². The summed E-state index contributed by atoms with van der Waals surface area (Å²) in [6, 6.07) is 10.5. The number of nitrogens with one attached hydrogen (secondary N) is 1. The number of hydrogen-bond acceptors (Lipinski definition) is 4. The van der Waals surface area contributed by atoms with E-state index < -0.39 is 26.8 Å². The molecule has 11 heteroatoms. The van der Waals surface area contributed by atoms with E-state index in [9.17, 15) is 26.4 Å². The number of carbonyl (C=O) groups is 1. The van der Waals surface area contributed by atoms with E-state index in [4.69, 9.17) is 16.3 Å². The van der Waals surface area contributed by atoms with Gasteiger partial charge in [-0.25, -0.2) is 8.42 Å². The number of rotatable bonds is 11. The van der Waals surface area contributed by atoms with Crippen molar-refractivity contribution in [2.24, 2.45) is 0 Å². The number of alkyl halides is 3. The van der Waals surface area contributed by atoms with Gasteiger partial charge in [0.25, 0.3) is 0 Å². The number of sulfonamides is 1. The normalized spacial score (nSPS) is 11.8. The van der Waals surface area contributed by atoms with Gasteiger partial charge in [0, 0.05) is 13.0 Å². The second kappa shape index (κ2) is 11.6. The summed E-state index contributed by atoms with van der Waals surface area (Å²) in [5.41, 5.74) is -0.110. The molecule has 0 saturated heterocycles. The lowest BCUT2D eigenvalue weighted by molar-refractivity contribution is -0.137. The minimum atomic E-state index is -4.73. The molecule has 0 atom stereocenters. The molecule has 1 N–H and O–H groups in total. The maximum absolute atomic E-state index is 13.1. The van der Waals surface area contributed by atoms with Crippen molar-refractivity contribution in [3.05, 3.63) is 58.6 Å². The van der Waals surface area contributed by atoms with Crippen LogP contribution in [-0.2, 0) is 27.4 Å². The van der Waals surface area contributed by atoms with Gasteiger partial charge < -0.3 is 10.1 Å². The molecule has 0 radical (unpaired) electrons. The molecular weight excluding hydrogens is 481 g/mol. The molecule has 0 saturated carbocycles. The van der Waals surface area contributed by atoms with Crippen LogP contribution in [-0.4, -0.2) is 40.3 Å². The molecule has 0 unspecified atom stereocenters. The Balaban J connectivity index is 1.86. The first-order valence-corrected chi connectivity index (χ1v) is 12.5. The van der Waals surface area contributed by atoms with E-state index in [0.717, 1.165) is 23.0 Å². The van der Waals surface area contributed by atoms with Crippen molar-refractivity contribution in [2.75, 3.05) is 30.3 Å². The highest BCUT2D eigenvalue weighted by Crippen LogP contribution is 2.37. The third-order valence-electron chi connectivity index (χ3n) is 4.73. The lowest BCUT2D eigenvalue weighted by Crippen LogP contribution is -2.33. The third kappa shape index (κ3) is 8.43. The Hall–Kier alpha value is -2.46. The van der Waals surface area contributed by atoms with Crippen molar-refractivity contribution < 1.29 is 31.1 Å². The van der Waals surface area contributed by atoms with E-state index in [2.05, 4.69) is 12.2 Å². The summed E-state index contributed by atoms with van der Waals surface area (Å²) in [4.78, 5) is 12.0. The molecule has 0 aromatic heterocycles. The molecule has 33 heavy (non-hydrogen) atoms. The number of ether oxygens (including phenoxy) is 1. The first-order valence-electron chi connectivity index (χ1n) is 10.2. The quantitative estimate of drug-likeness (QED) is 0.450. The Labute approximate surface area is 196 Å². The van der Waals surface area contributed by atoms with Gasteiger partial charge in [-0.3, -0.25) is 9.10 Å². The average Bonchev–Trinajstić information content (AvgIpc) is 2.73. The summed E-state index contributed by atoms with van der Waals surface area (Å²) in [5.74, 6) is 0.368. The lowest BCUT2D eigenvalue weighted by Gasteiger charge is -2.23. The molecule has 0 spiro atoms. The summed E-state index contributed by atoms with van der Waals surface area (Å²) < 4.78 is 70.0. The van der Waals surface area contributed by atoms with Gasteiger partial charge in [-0.1, -0.05) is 30.7 Å². The van der Waals surface area contributed by atoms with Gasteiger partial charge in [0.15, 0.2) is 0 Å². The van der Waals surface area contributed by atoms with E-state index in [1.54, 1.807) is 0 Å². The van der Waals surface area contributed by atoms with Crippen LogP contribution in [0.4, 0.5) is 18.9 Å². The first kappa shape index (κ1) is 26.8. The zero-order valence-corrected chi connectivity index (χ0v) is 19.9. The number of nitrogens with zero attached hydrogens (tertiary/aromatic N) is 1. The predicted molar refractivity (Wildman–Crippen MR) is 122 cm³/mol. The number of halogens is 4. The molecule has 0 heterocycles. The molecule has 0 bridgehead atoms. The summed E-state index contributed by atoms with van der Waals surface area (Å²) in [6.45, 7) is 2.41. The van der Waals surface area contributed by atoms with Crippen LogP contribution < -0.4 is 14.4 Å². The fourth-order valence-corrected chi connectivity index (χ4v) is 4.21. The zero-order valence-electron chi connectivity index (χ0n) is 18.3. The molecule has 0 aliphatic heterocycles. The molecule has 2 aromatic carbocycles. The van der Waals surface area contributed by atoms with Gasteiger partial charge >= 0.3 is 6.18 Å². The van der Waals surface area contributed by atoms with Crippen LogP contribution in [0.25, 0.3) is 0 Å². The molecule has 6 nitrogen and oxygen atoms in total. The largest absolute Gasteiger partial charge is 0.492 e. The van der Waals surface area contributed by atoms with Gasteiger partial charge in [-0.2, -0.15) is 13.2 Å². The topological polar surface area (TPSA) is 75.7 Å². The Morgan fingerprint density at radius 1 is 1.15 bits per heavy atom. The van der Waals surface area contributed by atoms with Gasteiger partial charge in [0.05, 0.1) is 29.1 Å². The number of anilines is 1. The average molecular weight is 507 g/mol. The number of benzene rings is 2. The van der Waals surface area contributed by atoms with Crippen LogP contribution in [0, 0.1) is 0 Å². The van der Waals surface area contributed by atoms with Crippen molar-refractivity contribution in [3.63, 3.8) is 0 Å². The Morgan fingerprint density at radius 3 is 2.39 bits per heavy atom. The van der Waals surface area contributed by atoms with E-state index in [1.807, 2.05) is 24.3 Å². The maximum Gasteiger partial charge on any atom is 0.417 e. The lowest BCUT2D eigenvalue weighted by atomic mass is 10.2. The Kier molecular flexibility index (Phi) is 9.42. The maximum atomic E-state index is 13.1. The molecule has 2 aromatic rings. The molecule has 0 aliphatic carbocycles. The fraction of sp³-hybridized carbons (Fsp3) is 0.409. The predicted octanol–water partition coefficient (Wildman–Crippen LogP) is 4.66. The van der Waals surface area contributed by atoms with Gasteiger partial charge in [-0.05, 0) is 48.7 Å². The number of hydrogen-bond donors (Lipinski definition) is 1. The van der Waals surface area contributed by atoms with Gasteiger partial charge in [0.2, 0.25) is 15.9 Å². The van der Waals surface area contributed by atoms with E-state index in [0.29, 0.717) is 11.8 Å². The van der Waals surface area contributed by atoms with E-state index in [-0.39, 0.29) is 44.1 Å². The number of amides is 1. The molecular formula is C22H26ClF3N2O4S. The van der Waals surface area contributed by atoms with Crippen LogP contribution in [0.15, 0.2) is 42.5 Å². The molecule has 1 amide bonds. The van der Waals surface area contributed by atoms with Crippen molar-refractivity contribution in [2.45, 2.75) is 32.4 Å². The molecule has 2 rings (SSSR count). The summed E-state index contributed by atoms with van der Waals surface area (Å²) in [6.07, 6.45) is -2.80. The third-order valence-corrected chi connectivity index (χ3v) is 6.26. The van der Waals surface area contributed by atoms with Crippen molar-refractivity contribution in [3.8, 4) is 5.75 Å². The monoisotopic (exact) mass is 506 g/mol. The van der Waals surface area contributed by atoms with Gasteiger partial charge in [-0.15, -0.1) is 0 Å². The Morgan fingerprint density at radius 2 is 1.82 bits per heavy atom. The van der Waals surface area contributed by atoms with E-state index >= 15 is 0 Å². The SMILES string of the molecule is CCc1ccc(OCCNC(=O)CCCN(c2ccc(Cl)c(C(F)(F)F)c2)S(C)(=O)=O)cc1. The smallest absolute Gasteiger partial charge is 0.417 e.